The van der Waals surface area contributed by atoms with Gasteiger partial charge in [0.2, 0.25) is 0 Å². The van der Waals surface area contributed by atoms with Crippen LogP contribution in [0.5, 0.6) is 0 Å². The summed E-state index contributed by atoms with van der Waals surface area (Å²) in [6.45, 7) is 1.90. The molecule has 24 heavy (non-hydrogen) atoms. The zero-order valence-corrected chi connectivity index (χ0v) is 15.2. The Morgan fingerprint density at radius 1 is 1.38 bits per heavy atom. The van der Waals surface area contributed by atoms with Crippen molar-refractivity contribution in [2.24, 2.45) is 5.92 Å². The highest BCUT2D eigenvalue weighted by atomic mass is 35.5. The van der Waals surface area contributed by atoms with Crippen molar-refractivity contribution >= 4 is 38.6 Å². The lowest BCUT2D eigenvalue weighted by atomic mass is 10.2. The molecule has 4 rings (SSSR count). The highest BCUT2D eigenvalue weighted by molar-refractivity contribution is 7.89. The zero-order valence-electron chi connectivity index (χ0n) is 12.8. The Kier molecular flexibility index (Phi) is 3.87. The van der Waals surface area contributed by atoms with E-state index in [0.717, 1.165) is 23.5 Å². The van der Waals surface area contributed by atoms with Crippen LogP contribution in [0.15, 0.2) is 34.8 Å². The number of aryl methyl sites for hydroxylation is 1. The molecule has 1 atom stereocenters. The molecule has 6 nitrogen and oxygen atoms in total. The number of halogens is 1. The molecule has 3 aromatic heterocycles. The van der Waals surface area contributed by atoms with Gasteiger partial charge in [-0.15, -0.1) is 11.3 Å². The van der Waals surface area contributed by atoms with Crippen molar-refractivity contribution in [3.05, 3.63) is 45.6 Å². The molecule has 0 amide bonds. The van der Waals surface area contributed by atoms with Gasteiger partial charge >= 0.3 is 0 Å². The smallest absolute Gasteiger partial charge is 0.260 e. The Morgan fingerprint density at radius 2 is 2.17 bits per heavy atom. The SMILES string of the molecule is Cc1csc(C(NS(=O)(=O)c2c(Cl)nc3ccccn23)C2CC2)n1. The number of rotatable bonds is 5. The maximum atomic E-state index is 13.0. The van der Waals surface area contributed by atoms with Crippen molar-refractivity contribution in [2.75, 3.05) is 0 Å². The Morgan fingerprint density at radius 3 is 2.83 bits per heavy atom. The minimum absolute atomic E-state index is 0.0290. The maximum Gasteiger partial charge on any atom is 0.260 e. The predicted octanol–water partition coefficient (Wildman–Crippen LogP) is 3.18. The predicted molar refractivity (Wildman–Crippen MR) is 92.8 cm³/mol. The van der Waals surface area contributed by atoms with Crippen LogP contribution >= 0.6 is 22.9 Å². The second-order valence-corrected chi connectivity index (χ2v) is 8.78. The molecule has 1 N–H and O–H groups in total. The largest absolute Gasteiger partial charge is 0.288 e. The Labute approximate surface area is 148 Å². The van der Waals surface area contributed by atoms with Crippen LogP contribution in [-0.2, 0) is 10.0 Å². The summed E-state index contributed by atoms with van der Waals surface area (Å²) < 4.78 is 30.2. The van der Waals surface area contributed by atoms with Gasteiger partial charge in [0.25, 0.3) is 10.0 Å². The molecule has 1 unspecified atom stereocenters. The van der Waals surface area contributed by atoms with E-state index in [-0.39, 0.29) is 22.1 Å². The van der Waals surface area contributed by atoms with Crippen LogP contribution in [0.4, 0.5) is 0 Å². The fraction of sp³-hybridized carbons (Fsp3) is 0.333. The lowest BCUT2D eigenvalue weighted by Crippen LogP contribution is -2.31. The summed E-state index contributed by atoms with van der Waals surface area (Å²) in [6.07, 6.45) is 3.63. The van der Waals surface area contributed by atoms with E-state index >= 15 is 0 Å². The molecular formula is C15H15ClN4O2S2. The summed E-state index contributed by atoms with van der Waals surface area (Å²) in [5.74, 6) is 0.281. The number of nitrogens with zero attached hydrogens (tertiary/aromatic N) is 3. The van der Waals surface area contributed by atoms with E-state index in [1.807, 2.05) is 12.3 Å². The Bertz CT molecular complexity index is 1010. The highest BCUT2D eigenvalue weighted by Crippen LogP contribution is 2.42. The number of hydrogen-bond acceptors (Lipinski definition) is 5. The quantitative estimate of drug-likeness (QED) is 0.735. The van der Waals surface area contributed by atoms with Crippen molar-refractivity contribution in [1.82, 2.24) is 19.1 Å². The van der Waals surface area contributed by atoms with Crippen LogP contribution in [0, 0.1) is 12.8 Å². The number of fused-ring (bicyclic) bond motifs is 1. The van der Waals surface area contributed by atoms with Crippen LogP contribution in [0.1, 0.15) is 29.6 Å². The molecular weight excluding hydrogens is 368 g/mol. The zero-order chi connectivity index (χ0) is 16.9. The van der Waals surface area contributed by atoms with E-state index in [4.69, 9.17) is 11.6 Å². The summed E-state index contributed by atoms with van der Waals surface area (Å²) in [5, 5.41) is 2.67. The van der Waals surface area contributed by atoms with Gasteiger partial charge in [-0.3, -0.25) is 4.40 Å². The molecule has 1 fully saturated rings. The van der Waals surface area contributed by atoms with Crippen LogP contribution in [0.3, 0.4) is 0 Å². The van der Waals surface area contributed by atoms with E-state index in [9.17, 15) is 8.42 Å². The maximum absolute atomic E-state index is 13.0. The summed E-state index contributed by atoms with van der Waals surface area (Å²) >= 11 is 7.60. The first-order valence-electron chi connectivity index (χ1n) is 7.52. The minimum Gasteiger partial charge on any atom is -0.288 e. The molecule has 9 heteroatoms. The van der Waals surface area contributed by atoms with Gasteiger partial charge in [-0.05, 0) is 37.8 Å². The van der Waals surface area contributed by atoms with Crippen molar-refractivity contribution in [3.63, 3.8) is 0 Å². The minimum atomic E-state index is -3.83. The first-order chi connectivity index (χ1) is 11.5. The van der Waals surface area contributed by atoms with Crippen LogP contribution in [0.25, 0.3) is 5.65 Å². The molecule has 0 spiro atoms. The highest BCUT2D eigenvalue weighted by Gasteiger charge is 2.38. The van der Waals surface area contributed by atoms with E-state index in [1.165, 1.54) is 15.7 Å². The number of pyridine rings is 1. The number of thiazole rings is 1. The van der Waals surface area contributed by atoms with Gasteiger partial charge in [-0.1, -0.05) is 17.7 Å². The summed E-state index contributed by atoms with van der Waals surface area (Å²) in [7, 11) is -3.83. The normalized spacial score (nSPS) is 16.6. The number of hydrogen-bond donors (Lipinski definition) is 1. The molecule has 3 aromatic rings. The van der Waals surface area contributed by atoms with Crippen molar-refractivity contribution in [2.45, 2.75) is 30.8 Å². The van der Waals surface area contributed by atoms with Gasteiger partial charge in [0.15, 0.2) is 10.2 Å². The number of nitrogens with one attached hydrogen (secondary N) is 1. The van der Waals surface area contributed by atoms with Crippen molar-refractivity contribution < 1.29 is 8.42 Å². The molecule has 126 valence electrons. The third-order valence-corrected chi connectivity index (χ3v) is 6.86. The van der Waals surface area contributed by atoms with Gasteiger partial charge in [-0.2, -0.15) is 4.72 Å². The van der Waals surface area contributed by atoms with E-state index in [0.29, 0.717) is 5.65 Å². The molecule has 1 aliphatic rings. The first kappa shape index (κ1) is 16.0. The molecule has 0 radical (unpaired) electrons. The lowest BCUT2D eigenvalue weighted by molar-refractivity contribution is 0.524. The summed E-state index contributed by atoms with van der Waals surface area (Å²) in [6, 6.07) is 4.92. The lowest BCUT2D eigenvalue weighted by Gasteiger charge is -2.16. The monoisotopic (exact) mass is 382 g/mol. The molecule has 0 saturated heterocycles. The van der Waals surface area contributed by atoms with E-state index in [2.05, 4.69) is 14.7 Å². The number of sulfonamides is 1. The van der Waals surface area contributed by atoms with Gasteiger partial charge in [-0.25, -0.2) is 18.4 Å². The fourth-order valence-corrected chi connectivity index (χ4v) is 5.63. The second-order valence-electron chi connectivity index (χ2n) is 5.90. The van der Waals surface area contributed by atoms with Gasteiger partial charge in [0.05, 0.1) is 6.04 Å². The van der Waals surface area contributed by atoms with Gasteiger partial charge in [0.1, 0.15) is 10.7 Å². The Balaban J connectivity index is 1.75. The standard InChI is InChI=1S/C15H15ClN4O2S2/c1-9-8-23-14(17-9)12(10-5-6-10)19-24(21,22)15-13(16)18-11-4-2-3-7-20(11)15/h2-4,7-8,10,12,19H,5-6H2,1H3. The number of aromatic nitrogens is 3. The van der Waals surface area contributed by atoms with Crippen molar-refractivity contribution in [1.29, 1.82) is 0 Å². The summed E-state index contributed by atoms with van der Waals surface area (Å²) in [5.41, 5.74) is 1.39. The first-order valence-corrected chi connectivity index (χ1v) is 10.3. The molecule has 1 saturated carbocycles. The average molecular weight is 383 g/mol. The average Bonchev–Trinajstić information content (AvgIpc) is 3.18. The molecule has 1 aliphatic carbocycles. The third kappa shape index (κ3) is 2.83. The molecule has 0 aliphatic heterocycles. The third-order valence-electron chi connectivity index (χ3n) is 3.98. The second kappa shape index (κ2) is 5.80. The van der Waals surface area contributed by atoms with Crippen LogP contribution in [0.2, 0.25) is 5.15 Å². The van der Waals surface area contributed by atoms with E-state index < -0.39 is 10.0 Å². The van der Waals surface area contributed by atoms with Gasteiger partial charge < -0.3 is 0 Å². The molecule has 3 heterocycles. The molecule has 0 bridgehead atoms. The number of imidazole rings is 1. The molecule has 0 aromatic carbocycles. The summed E-state index contributed by atoms with van der Waals surface area (Å²) in [4.78, 5) is 8.58. The topological polar surface area (TPSA) is 76.4 Å². The Hall–Kier alpha value is -1.48. The van der Waals surface area contributed by atoms with Crippen LogP contribution < -0.4 is 4.72 Å². The van der Waals surface area contributed by atoms with Crippen LogP contribution in [-0.4, -0.2) is 22.8 Å². The van der Waals surface area contributed by atoms with E-state index in [1.54, 1.807) is 24.4 Å². The van der Waals surface area contributed by atoms with Crippen molar-refractivity contribution in [3.8, 4) is 0 Å². The fourth-order valence-electron chi connectivity index (χ4n) is 2.70. The van der Waals surface area contributed by atoms with Gasteiger partial charge in [0, 0.05) is 17.3 Å².